The number of carbonyl (C=O) groups is 2. The highest BCUT2D eigenvalue weighted by atomic mass is 19.1. The number of hydrogen-bond donors (Lipinski definition) is 2. The minimum Gasteiger partial charge on any atom is -0.457 e. The fourth-order valence-corrected chi connectivity index (χ4v) is 2.36. The molecule has 3 aromatic rings. The average molecular weight is 380 g/mol. The van der Waals surface area contributed by atoms with Gasteiger partial charge in [0, 0.05) is 11.3 Å². The van der Waals surface area contributed by atoms with Crippen molar-refractivity contribution in [1.29, 1.82) is 0 Å². The third-order valence-corrected chi connectivity index (χ3v) is 3.74. The standard InChI is InChI=1S/C21H17FN2O4/c1-27-21(26)24-19-13-15(9-12-18(19)22)23-20(25)14-7-10-17(11-8-14)28-16-5-3-2-4-6-16/h2-13H,1H3,(H,23,25)(H,24,26). The van der Waals surface area contributed by atoms with Gasteiger partial charge in [0.2, 0.25) is 0 Å². The van der Waals surface area contributed by atoms with Crippen LogP contribution < -0.4 is 15.4 Å². The van der Waals surface area contributed by atoms with E-state index in [1.807, 2.05) is 30.3 Å². The zero-order valence-electron chi connectivity index (χ0n) is 14.9. The summed E-state index contributed by atoms with van der Waals surface area (Å²) < 4.78 is 23.9. The molecule has 3 aromatic carbocycles. The summed E-state index contributed by atoms with van der Waals surface area (Å²) >= 11 is 0. The first-order chi connectivity index (χ1) is 13.5. The second-order valence-corrected chi connectivity index (χ2v) is 5.70. The van der Waals surface area contributed by atoms with Gasteiger partial charge in [0.05, 0.1) is 12.8 Å². The summed E-state index contributed by atoms with van der Waals surface area (Å²) in [6.07, 6.45) is -0.809. The Morgan fingerprint density at radius 3 is 2.21 bits per heavy atom. The SMILES string of the molecule is COC(=O)Nc1cc(NC(=O)c2ccc(Oc3ccccc3)cc2)ccc1F. The molecule has 3 rings (SSSR count). The first-order valence-corrected chi connectivity index (χ1v) is 8.34. The van der Waals surface area contributed by atoms with E-state index in [0.717, 1.165) is 6.07 Å². The molecule has 0 saturated carbocycles. The smallest absolute Gasteiger partial charge is 0.411 e. The molecule has 0 spiro atoms. The van der Waals surface area contributed by atoms with Gasteiger partial charge in [0.15, 0.2) is 0 Å². The highest BCUT2D eigenvalue weighted by molar-refractivity contribution is 6.04. The van der Waals surface area contributed by atoms with Crippen molar-refractivity contribution >= 4 is 23.4 Å². The lowest BCUT2D eigenvalue weighted by molar-refractivity contribution is 0.102. The molecule has 0 saturated heterocycles. The Morgan fingerprint density at radius 1 is 0.857 bits per heavy atom. The topological polar surface area (TPSA) is 76.7 Å². The van der Waals surface area contributed by atoms with Gasteiger partial charge < -0.3 is 14.8 Å². The van der Waals surface area contributed by atoms with Crippen LogP contribution in [0.3, 0.4) is 0 Å². The molecule has 0 atom stereocenters. The van der Waals surface area contributed by atoms with Gasteiger partial charge in [-0.15, -0.1) is 0 Å². The molecule has 0 heterocycles. The summed E-state index contributed by atoms with van der Waals surface area (Å²) in [5.41, 5.74) is 0.617. The number of carbonyl (C=O) groups excluding carboxylic acids is 2. The van der Waals surface area contributed by atoms with E-state index in [4.69, 9.17) is 4.74 Å². The van der Waals surface area contributed by atoms with Gasteiger partial charge in [0.1, 0.15) is 17.3 Å². The number of benzene rings is 3. The van der Waals surface area contributed by atoms with Crippen LogP contribution in [0.1, 0.15) is 10.4 Å². The number of ether oxygens (including phenoxy) is 2. The molecule has 2 amide bonds. The molecule has 0 unspecified atom stereocenters. The quantitative estimate of drug-likeness (QED) is 0.649. The largest absolute Gasteiger partial charge is 0.457 e. The number of anilines is 2. The van der Waals surface area contributed by atoms with Gasteiger partial charge >= 0.3 is 6.09 Å². The average Bonchev–Trinajstić information content (AvgIpc) is 2.71. The lowest BCUT2D eigenvalue weighted by Gasteiger charge is -2.10. The van der Waals surface area contributed by atoms with E-state index in [-0.39, 0.29) is 11.6 Å². The molecule has 0 aliphatic rings. The Morgan fingerprint density at radius 2 is 1.54 bits per heavy atom. The van der Waals surface area contributed by atoms with E-state index in [0.29, 0.717) is 22.7 Å². The third kappa shape index (κ3) is 4.85. The van der Waals surface area contributed by atoms with Crippen molar-refractivity contribution in [3.05, 3.63) is 84.2 Å². The normalized spacial score (nSPS) is 10.1. The van der Waals surface area contributed by atoms with Crippen LogP contribution in [0.2, 0.25) is 0 Å². The molecule has 0 aromatic heterocycles. The first kappa shape index (κ1) is 18.9. The maximum Gasteiger partial charge on any atom is 0.411 e. The van der Waals surface area contributed by atoms with Crippen LogP contribution in [-0.4, -0.2) is 19.1 Å². The van der Waals surface area contributed by atoms with Crippen LogP contribution in [-0.2, 0) is 4.74 Å². The van der Waals surface area contributed by atoms with Crippen molar-refractivity contribution in [3.63, 3.8) is 0 Å². The molecule has 142 valence electrons. The van der Waals surface area contributed by atoms with Crippen LogP contribution in [0.5, 0.6) is 11.5 Å². The molecule has 0 radical (unpaired) electrons. The molecule has 2 N–H and O–H groups in total. The van der Waals surface area contributed by atoms with Crippen molar-refractivity contribution in [1.82, 2.24) is 0 Å². The summed E-state index contributed by atoms with van der Waals surface area (Å²) in [7, 11) is 1.17. The van der Waals surface area contributed by atoms with Crippen LogP contribution in [0.15, 0.2) is 72.8 Å². The molecule has 28 heavy (non-hydrogen) atoms. The minimum absolute atomic E-state index is 0.101. The zero-order chi connectivity index (χ0) is 19.9. The van der Waals surface area contributed by atoms with Crippen molar-refractivity contribution in [2.75, 3.05) is 17.7 Å². The molecule has 0 fully saturated rings. The number of nitrogens with one attached hydrogen (secondary N) is 2. The van der Waals surface area contributed by atoms with E-state index in [9.17, 15) is 14.0 Å². The van der Waals surface area contributed by atoms with Gasteiger partial charge in [-0.2, -0.15) is 0 Å². The Hall–Kier alpha value is -3.87. The highest BCUT2D eigenvalue weighted by Gasteiger charge is 2.11. The Kier molecular flexibility index (Phi) is 5.86. The summed E-state index contributed by atoms with van der Waals surface area (Å²) in [6, 6.07) is 19.7. The molecular weight excluding hydrogens is 363 g/mol. The van der Waals surface area contributed by atoms with Gasteiger partial charge in [0.25, 0.3) is 5.91 Å². The van der Waals surface area contributed by atoms with Crippen molar-refractivity contribution < 1.29 is 23.5 Å². The van der Waals surface area contributed by atoms with Crippen LogP contribution in [0.4, 0.5) is 20.6 Å². The maximum atomic E-state index is 13.8. The number of halogens is 1. The van der Waals surface area contributed by atoms with Crippen molar-refractivity contribution in [3.8, 4) is 11.5 Å². The van der Waals surface area contributed by atoms with Gasteiger partial charge in [-0.05, 0) is 54.6 Å². The Labute approximate surface area is 160 Å². The fourth-order valence-electron chi connectivity index (χ4n) is 2.36. The third-order valence-electron chi connectivity index (χ3n) is 3.74. The Bertz CT molecular complexity index is 975. The fraction of sp³-hybridized carbons (Fsp3) is 0.0476. The van der Waals surface area contributed by atoms with Crippen molar-refractivity contribution in [2.45, 2.75) is 0 Å². The summed E-state index contributed by atoms with van der Waals surface area (Å²) in [6.45, 7) is 0. The molecule has 6 nitrogen and oxygen atoms in total. The van der Waals surface area contributed by atoms with E-state index >= 15 is 0 Å². The molecular formula is C21H17FN2O4. The van der Waals surface area contributed by atoms with Gasteiger partial charge in [-0.1, -0.05) is 18.2 Å². The second kappa shape index (κ2) is 8.68. The number of hydrogen-bond acceptors (Lipinski definition) is 4. The van der Waals surface area contributed by atoms with Crippen LogP contribution in [0, 0.1) is 5.82 Å². The Balaban J connectivity index is 1.67. The van der Waals surface area contributed by atoms with E-state index < -0.39 is 11.9 Å². The summed E-state index contributed by atoms with van der Waals surface area (Å²) in [5.74, 6) is 0.249. The monoisotopic (exact) mass is 380 g/mol. The van der Waals surface area contributed by atoms with Crippen molar-refractivity contribution in [2.24, 2.45) is 0 Å². The number of rotatable bonds is 5. The molecule has 0 aliphatic carbocycles. The number of amides is 2. The predicted octanol–water partition coefficient (Wildman–Crippen LogP) is 5.05. The van der Waals surface area contributed by atoms with E-state index in [1.165, 1.54) is 19.2 Å². The highest BCUT2D eigenvalue weighted by Crippen LogP contribution is 2.23. The molecule has 0 bridgehead atoms. The molecule has 0 aliphatic heterocycles. The number of methoxy groups -OCH3 is 1. The second-order valence-electron chi connectivity index (χ2n) is 5.70. The summed E-state index contributed by atoms with van der Waals surface area (Å²) in [4.78, 5) is 23.7. The lowest BCUT2D eigenvalue weighted by Crippen LogP contribution is -2.14. The van der Waals surface area contributed by atoms with E-state index in [2.05, 4.69) is 15.4 Å². The maximum absolute atomic E-state index is 13.8. The van der Waals surface area contributed by atoms with E-state index in [1.54, 1.807) is 24.3 Å². The predicted molar refractivity (Wildman–Crippen MR) is 103 cm³/mol. The number of para-hydroxylation sites is 1. The lowest BCUT2D eigenvalue weighted by atomic mass is 10.2. The first-order valence-electron chi connectivity index (χ1n) is 8.34. The van der Waals surface area contributed by atoms with Gasteiger partial charge in [-0.25, -0.2) is 9.18 Å². The molecule has 7 heteroatoms. The summed E-state index contributed by atoms with van der Waals surface area (Å²) in [5, 5.41) is 4.89. The minimum atomic E-state index is -0.809. The van der Waals surface area contributed by atoms with Crippen LogP contribution in [0.25, 0.3) is 0 Å². The van der Waals surface area contributed by atoms with Crippen LogP contribution >= 0.6 is 0 Å². The van der Waals surface area contributed by atoms with Gasteiger partial charge in [-0.3, -0.25) is 10.1 Å². The zero-order valence-corrected chi connectivity index (χ0v) is 14.9.